The fourth-order valence-corrected chi connectivity index (χ4v) is 3.32. The number of halogens is 2. The van der Waals surface area contributed by atoms with Gasteiger partial charge in [0, 0.05) is 24.9 Å². The SMILES string of the molecule is Cc1cc(S(C)(=O)=O)cc(C(=O)N2CC[C@H](OC(F)F)C2)c1C. The lowest BCUT2D eigenvalue weighted by Crippen LogP contribution is -2.31. The van der Waals surface area contributed by atoms with E-state index in [0.717, 1.165) is 6.26 Å². The number of carbonyl (C=O) groups is 1. The Morgan fingerprint density at radius 1 is 1.35 bits per heavy atom. The molecule has 0 saturated carbocycles. The summed E-state index contributed by atoms with van der Waals surface area (Å²) in [6.07, 6.45) is 0.714. The number of carbonyl (C=O) groups excluding carboxylic acids is 1. The number of hydrogen-bond acceptors (Lipinski definition) is 4. The van der Waals surface area contributed by atoms with Crippen LogP contribution in [0.4, 0.5) is 8.78 Å². The molecular formula is C15H19F2NO4S. The zero-order valence-electron chi connectivity index (χ0n) is 13.2. The summed E-state index contributed by atoms with van der Waals surface area (Å²) < 4.78 is 52.4. The van der Waals surface area contributed by atoms with Gasteiger partial charge in [-0.15, -0.1) is 0 Å². The van der Waals surface area contributed by atoms with Crippen molar-refractivity contribution in [2.24, 2.45) is 0 Å². The van der Waals surface area contributed by atoms with E-state index in [4.69, 9.17) is 0 Å². The van der Waals surface area contributed by atoms with Crippen molar-refractivity contribution in [3.8, 4) is 0 Å². The number of benzene rings is 1. The third kappa shape index (κ3) is 4.06. The smallest absolute Gasteiger partial charge is 0.336 e. The molecule has 1 fully saturated rings. The molecule has 0 unspecified atom stereocenters. The second kappa shape index (κ2) is 6.52. The molecule has 1 saturated heterocycles. The van der Waals surface area contributed by atoms with Gasteiger partial charge in [-0.25, -0.2) is 8.42 Å². The van der Waals surface area contributed by atoms with Crippen LogP contribution in [0.3, 0.4) is 0 Å². The largest absolute Gasteiger partial charge is 0.345 e. The van der Waals surface area contributed by atoms with Gasteiger partial charge in [-0.1, -0.05) is 0 Å². The monoisotopic (exact) mass is 347 g/mol. The summed E-state index contributed by atoms with van der Waals surface area (Å²) in [6, 6.07) is 2.87. The number of nitrogens with zero attached hydrogens (tertiary/aromatic N) is 1. The van der Waals surface area contributed by atoms with Crippen molar-refractivity contribution in [1.29, 1.82) is 0 Å². The van der Waals surface area contributed by atoms with E-state index in [-0.39, 0.29) is 22.9 Å². The van der Waals surface area contributed by atoms with Crippen LogP contribution >= 0.6 is 0 Å². The summed E-state index contributed by atoms with van der Waals surface area (Å²) in [5.74, 6) is -0.364. The first-order chi connectivity index (χ1) is 10.6. The first-order valence-electron chi connectivity index (χ1n) is 7.13. The highest BCUT2D eigenvalue weighted by atomic mass is 32.2. The van der Waals surface area contributed by atoms with Gasteiger partial charge in [0.1, 0.15) is 0 Å². The summed E-state index contributed by atoms with van der Waals surface area (Å²) in [6.45, 7) is 0.973. The van der Waals surface area contributed by atoms with Crippen molar-refractivity contribution in [3.05, 3.63) is 28.8 Å². The molecule has 1 aliphatic heterocycles. The van der Waals surface area contributed by atoms with Gasteiger partial charge < -0.3 is 9.64 Å². The van der Waals surface area contributed by atoms with Gasteiger partial charge in [0.2, 0.25) is 0 Å². The van der Waals surface area contributed by atoms with Crippen LogP contribution in [0.1, 0.15) is 27.9 Å². The van der Waals surface area contributed by atoms with Crippen LogP contribution in [0.5, 0.6) is 0 Å². The molecule has 1 atom stereocenters. The molecule has 0 aromatic heterocycles. The average Bonchev–Trinajstić information content (AvgIpc) is 2.87. The molecule has 0 radical (unpaired) electrons. The predicted molar refractivity (Wildman–Crippen MR) is 80.4 cm³/mol. The first-order valence-corrected chi connectivity index (χ1v) is 9.03. The molecule has 8 heteroatoms. The second-order valence-corrected chi connectivity index (χ2v) is 7.76. The second-order valence-electron chi connectivity index (χ2n) is 5.74. The van der Waals surface area contributed by atoms with E-state index < -0.39 is 22.6 Å². The van der Waals surface area contributed by atoms with Crippen LogP contribution in [0.25, 0.3) is 0 Å². The van der Waals surface area contributed by atoms with E-state index in [2.05, 4.69) is 4.74 Å². The minimum Gasteiger partial charge on any atom is -0.336 e. The van der Waals surface area contributed by atoms with Crippen molar-refractivity contribution in [2.45, 2.75) is 37.9 Å². The normalized spacial score (nSPS) is 18.7. The van der Waals surface area contributed by atoms with Gasteiger partial charge in [0.05, 0.1) is 11.0 Å². The van der Waals surface area contributed by atoms with Crippen LogP contribution in [-0.2, 0) is 14.6 Å². The van der Waals surface area contributed by atoms with Gasteiger partial charge in [-0.05, 0) is 43.5 Å². The van der Waals surface area contributed by atoms with E-state index in [1.165, 1.54) is 17.0 Å². The molecule has 1 aromatic carbocycles. The number of sulfone groups is 1. The van der Waals surface area contributed by atoms with E-state index in [0.29, 0.717) is 24.1 Å². The lowest BCUT2D eigenvalue weighted by Gasteiger charge is -2.19. The molecule has 5 nitrogen and oxygen atoms in total. The molecular weight excluding hydrogens is 328 g/mol. The molecule has 1 aromatic rings. The number of ether oxygens (including phenoxy) is 1. The van der Waals surface area contributed by atoms with Crippen LogP contribution in [0.15, 0.2) is 17.0 Å². The Hall–Kier alpha value is -1.54. The van der Waals surface area contributed by atoms with E-state index >= 15 is 0 Å². The first kappa shape index (κ1) is 17.8. The Morgan fingerprint density at radius 3 is 2.57 bits per heavy atom. The molecule has 23 heavy (non-hydrogen) atoms. The zero-order chi connectivity index (χ0) is 17.4. The fourth-order valence-electron chi connectivity index (χ4n) is 2.60. The maximum Gasteiger partial charge on any atom is 0.345 e. The van der Waals surface area contributed by atoms with Crippen LogP contribution in [0, 0.1) is 13.8 Å². The van der Waals surface area contributed by atoms with E-state index in [1.54, 1.807) is 13.8 Å². The van der Waals surface area contributed by atoms with Crippen molar-refractivity contribution in [3.63, 3.8) is 0 Å². The highest BCUT2D eigenvalue weighted by Gasteiger charge is 2.30. The Kier molecular flexibility index (Phi) is 5.05. The summed E-state index contributed by atoms with van der Waals surface area (Å²) in [5.41, 5.74) is 1.65. The Balaban J connectivity index is 2.28. The number of rotatable bonds is 4. The van der Waals surface area contributed by atoms with Gasteiger partial charge in [-0.2, -0.15) is 8.78 Å². The van der Waals surface area contributed by atoms with Gasteiger partial charge >= 0.3 is 6.61 Å². The van der Waals surface area contributed by atoms with Crippen molar-refractivity contribution >= 4 is 15.7 Å². The third-order valence-corrected chi connectivity index (χ3v) is 5.12. The topological polar surface area (TPSA) is 63.7 Å². The zero-order valence-corrected chi connectivity index (χ0v) is 14.0. The van der Waals surface area contributed by atoms with Crippen molar-refractivity contribution in [1.82, 2.24) is 4.90 Å². The van der Waals surface area contributed by atoms with Crippen LogP contribution < -0.4 is 0 Å². The minimum absolute atomic E-state index is 0.0727. The van der Waals surface area contributed by atoms with E-state index in [9.17, 15) is 22.0 Å². The quantitative estimate of drug-likeness (QED) is 0.837. The number of amides is 1. The highest BCUT2D eigenvalue weighted by molar-refractivity contribution is 7.90. The maximum atomic E-state index is 12.6. The number of likely N-dealkylation sites (tertiary alicyclic amines) is 1. The fraction of sp³-hybridized carbons (Fsp3) is 0.533. The maximum absolute atomic E-state index is 12.6. The molecule has 0 bridgehead atoms. The standard InChI is InChI=1S/C15H19F2NO4S/c1-9-6-12(23(3,20)21)7-13(10(9)2)14(19)18-5-4-11(8-18)22-15(16)17/h6-7,11,15H,4-5,8H2,1-3H3/t11-/m0/s1. The third-order valence-electron chi connectivity index (χ3n) is 4.03. The Labute approximate surface area is 134 Å². The van der Waals surface area contributed by atoms with Crippen molar-refractivity contribution < 1.29 is 26.7 Å². The number of alkyl halides is 2. The summed E-state index contributed by atoms with van der Waals surface area (Å²) >= 11 is 0. The average molecular weight is 347 g/mol. The molecule has 1 aliphatic rings. The Bertz CT molecular complexity index is 718. The molecule has 0 spiro atoms. The lowest BCUT2D eigenvalue weighted by atomic mass is 10.0. The van der Waals surface area contributed by atoms with Crippen LogP contribution in [-0.4, -0.2) is 51.3 Å². The molecule has 1 amide bonds. The van der Waals surface area contributed by atoms with Gasteiger partial charge in [-0.3, -0.25) is 4.79 Å². The lowest BCUT2D eigenvalue weighted by molar-refractivity contribution is -0.158. The Morgan fingerprint density at radius 2 is 2.00 bits per heavy atom. The number of hydrogen-bond donors (Lipinski definition) is 0. The molecule has 2 rings (SSSR count). The predicted octanol–water partition coefficient (Wildman–Crippen LogP) is 2.16. The summed E-state index contributed by atoms with van der Waals surface area (Å²) in [7, 11) is -3.44. The van der Waals surface area contributed by atoms with Gasteiger partial charge in [0.25, 0.3) is 5.91 Å². The summed E-state index contributed by atoms with van der Waals surface area (Å²) in [5, 5.41) is 0. The van der Waals surface area contributed by atoms with Gasteiger partial charge in [0.15, 0.2) is 9.84 Å². The van der Waals surface area contributed by atoms with Crippen molar-refractivity contribution in [2.75, 3.05) is 19.3 Å². The summed E-state index contributed by atoms with van der Waals surface area (Å²) in [4.78, 5) is 14.1. The minimum atomic E-state index is -3.44. The van der Waals surface area contributed by atoms with E-state index in [1.807, 2.05) is 0 Å². The number of aryl methyl sites for hydroxylation is 1. The molecule has 0 aliphatic carbocycles. The highest BCUT2D eigenvalue weighted by Crippen LogP contribution is 2.24. The molecule has 1 heterocycles. The molecule has 128 valence electrons. The molecule has 0 N–H and O–H groups in total. The van der Waals surface area contributed by atoms with Crippen LogP contribution in [0.2, 0.25) is 0 Å².